The van der Waals surface area contributed by atoms with Crippen molar-refractivity contribution in [3.05, 3.63) is 29.6 Å². The lowest BCUT2D eigenvalue weighted by Crippen LogP contribution is -2.21. The number of nitrogens with one attached hydrogen (secondary N) is 1. The van der Waals surface area contributed by atoms with Gasteiger partial charge in [-0.15, -0.1) is 0 Å². The Morgan fingerprint density at radius 1 is 1.13 bits per heavy atom. The van der Waals surface area contributed by atoms with Crippen molar-refractivity contribution in [1.82, 2.24) is 0 Å². The van der Waals surface area contributed by atoms with Crippen LogP contribution in [0.1, 0.15) is 0 Å². The molecular weight excluding hydrogens is 221 g/mol. The van der Waals surface area contributed by atoms with Crippen LogP contribution >= 0.6 is 0 Å². The zero-order valence-electron chi connectivity index (χ0n) is 7.03. The molecule has 0 saturated heterocycles. The largest absolute Gasteiger partial charge is 0.318 e. The second-order valence-corrected chi connectivity index (χ2v) is 2.51. The van der Waals surface area contributed by atoms with Gasteiger partial charge in [0.2, 0.25) is 0 Å². The SMILES string of the molecule is O=C(Nc1ccc(F)c(F)c1F)C(F)F. The number of rotatable bonds is 2. The van der Waals surface area contributed by atoms with Gasteiger partial charge in [0.1, 0.15) is 0 Å². The number of anilines is 1. The quantitative estimate of drug-likeness (QED) is 0.607. The Balaban J connectivity index is 2.97. The molecule has 1 amide bonds. The maximum Gasteiger partial charge on any atom is 0.315 e. The van der Waals surface area contributed by atoms with Crippen molar-refractivity contribution in [3.8, 4) is 0 Å². The second-order valence-electron chi connectivity index (χ2n) is 2.51. The van der Waals surface area contributed by atoms with Crippen LogP contribution in [0.15, 0.2) is 12.1 Å². The lowest BCUT2D eigenvalue weighted by atomic mass is 10.3. The number of amides is 1. The monoisotopic (exact) mass is 225 g/mol. The van der Waals surface area contributed by atoms with E-state index >= 15 is 0 Å². The van der Waals surface area contributed by atoms with Crippen LogP contribution in [0, 0.1) is 17.5 Å². The normalized spacial score (nSPS) is 10.5. The molecule has 15 heavy (non-hydrogen) atoms. The highest BCUT2D eigenvalue weighted by atomic mass is 19.3. The molecule has 7 heteroatoms. The topological polar surface area (TPSA) is 29.1 Å². The minimum atomic E-state index is -3.36. The van der Waals surface area contributed by atoms with Gasteiger partial charge in [-0.05, 0) is 12.1 Å². The summed E-state index contributed by atoms with van der Waals surface area (Å²) >= 11 is 0. The second kappa shape index (κ2) is 4.24. The molecule has 0 spiro atoms. The first-order valence-electron chi connectivity index (χ1n) is 3.66. The summed E-state index contributed by atoms with van der Waals surface area (Å²) < 4.78 is 61.2. The molecule has 0 bridgehead atoms. The fourth-order valence-corrected chi connectivity index (χ4v) is 0.810. The van der Waals surface area contributed by atoms with Crippen molar-refractivity contribution in [1.29, 1.82) is 0 Å². The summed E-state index contributed by atoms with van der Waals surface area (Å²) in [5.74, 6) is -6.81. The van der Waals surface area contributed by atoms with Gasteiger partial charge in [-0.1, -0.05) is 0 Å². The summed E-state index contributed by atoms with van der Waals surface area (Å²) in [5.41, 5.74) is -0.834. The highest BCUT2D eigenvalue weighted by Crippen LogP contribution is 2.19. The van der Waals surface area contributed by atoms with Crippen molar-refractivity contribution < 1.29 is 26.7 Å². The van der Waals surface area contributed by atoms with Gasteiger partial charge < -0.3 is 5.32 Å². The molecule has 0 atom stereocenters. The third-order valence-electron chi connectivity index (χ3n) is 1.49. The van der Waals surface area contributed by atoms with E-state index in [1.165, 1.54) is 5.32 Å². The van der Waals surface area contributed by atoms with Crippen LogP contribution in [-0.2, 0) is 4.79 Å². The number of alkyl halides is 2. The van der Waals surface area contributed by atoms with Crippen LogP contribution in [0.25, 0.3) is 0 Å². The van der Waals surface area contributed by atoms with E-state index in [0.717, 1.165) is 0 Å². The van der Waals surface area contributed by atoms with Crippen LogP contribution < -0.4 is 5.32 Å². The van der Waals surface area contributed by atoms with E-state index in [1.807, 2.05) is 0 Å². The molecule has 0 heterocycles. The van der Waals surface area contributed by atoms with Crippen LogP contribution in [0.5, 0.6) is 0 Å². The number of halogens is 5. The van der Waals surface area contributed by atoms with E-state index in [-0.39, 0.29) is 0 Å². The molecule has 0 aliphatic rings. The summed E-state index contributed by atoms with van der Waals surface area (Å²) in [6, 6.07) is 1.16. The minimum Gasteiger partial charge on any atom is -0.318 e. The molecule has 0 fully saturated rings. The number of hydrogen-bond donors (Lipinski definition) is 1. The van der Waals surface area contributed by atoms with Crippen molar-refractivity contribution in [2.24, 2.45) is 0 Å². The van der Waals surface area contributed by atoms with E-state index in [0.29, 0.717) is 12.1 Å². The zero-order valence-corrected chi connectivity index (χ0v) is 7.03. The Morgan fingerprint density at radius 2 is 1.73 bits per heavy atom. The van der Waals surface area contributed by atoms with Crippen molar-refractivity contribution in [3.63, 3.8) is 0 Å². The maximum absolute atomic E-state index is 12.8. The van der Waals surface area contributed by atoms with Gasteiger partial charge in [0.25, 0.3) is 5.91 Å². The summed E-state index contributed by atoms with van der Waals surface area (Å²) in [6.07, 6.45) is -3.36. The predicted octanol–water partition coefficient (Wildman–Crippen LogP) is 2.31. The molecule has 0 unspecified atom stereocenters. The van der Waals surface area contributed by atoms with Gasteiger partial charge in [-0.2, -0.15) is 8.78 Å². The van der Waals surface area contributed by atoms with Gasteiger partial charge in [0.15, 0.2) is 17.5 Å². The summed E-state index contributed by atoms with van der Waals surface area (Å²) in [7, 11) is 0. The van der Waals surface area contributed by atoms with E-state index in [4.69, 9.17) is 0 Å². The summed E-state index contributed by atoms with van der Waals surface area (Å²) in [6.45, 7) is 0. The van der Waals surface area contributed by atoms with Crippen molar-refractivity contribution in [2.45, 2.75) is 6.43 Å². The molecule has 1 N–H and O–H groups in total. The van der Waals surface area contributed by atoms with Crippen LogP contribution in [0.2, 0.25) is 0 Å². The standard InChI is InChI=1S/C8H4F5NO/c9-3-1-2-4(6(11)5(3)10)14-8(15)7(12)13/h1-2,7H,(H,14,15). The third kappa shape index (κ3) is 2.42. The van der Waals surface area contributed by atoms with E-state index in [2.05, 4.69) is 0 Å². The van der Waals surface area contributed by atoms with Crippen LogP contribution in [0.4, 0.5) is 27.6 Å². The molecule has 0 saturated carbocycles. The van der Waals surface area contributed by atoms with Gasteiger partial charge >= 0.3 is 6.43 Å². The number of benzene rings is 1. The molecule has 82 valence electrons. The Morgan fingerprint density at radius 3 is 2.27 bits per heavy atom. The highest BCUT2D eigenvalue weighted by molar-refractivity contribution is 5.93. The summed E-state index contributed by atoms with van der Waals surface area (Å²) in [4.78, 5) is 10.4. The first-order valence-corrected chi connectivity index (χ1v) is 3.66. The van der Waals surface area contributed by atoms with Gasteiger partial charge in [-0.25, -0.2) is 13.2 Å². The third-order valence-corrected chi connectivity index (χ3v) is 1.49. The fraction of sp³-hybridized carbons (Fsp3) is 0.125. The van der Waals surface area contributed by atoms with E-state index in [9.17, 15) is 26.7 Å². The Kier molecular flexibility index (Phi) is 3.23. The van der Waals surface area contributed by atoms with Gasteiger partial charge in [-0.3, -0.25) is 4.79 Å². The highest BCUT2D eigenvalue weighted by Gasteiger charge is 2.19. The zero-order chi connectivity index (χ0) is 11.6. The Bertz CT molecular complexity index is 393. The number of hydrogen-bond acceptors (Lipinski definition) is 1. The fourth-order valence-electron chi connectivity index (χ4n) is 0.810. The molecule has 1 rings (SSSR count). The average Bonchev–Trinajstić information content (AvgIpc) is 2.18. The van der Waals surface area contributed by atoms with E-state index in [1.54, 1.807) is 0 Å². The van der Waals surface area contributed by atoms with Crippen LogP contribution in [-0.4, -0.2) is 12.3 Å². The maximum atomic E-state index is 12.8. The first-order chi connectivity index (χ1) is 6.93. The predicted molar refractivity (Wildman–Crippen MR) is 40.9 cm³/mol. The smallest absolute Gasteiger partial charge is 0.315 e. The summed E-state index contributed by atoms with van der Waals surface area (Å²) in [5, 5.41) is 1.41. The Hall–Kier alpha value is -1.66. The average molecular weight is 225 g/mol. The molecule has 0 aliphatic carbocycles. The van der Waals surface area contributed by atoms with Gasteiger partial charge in [0, 0.05) is 0 Å². The number of carbonyl (C=O) groups is 1. The first kappa shape index (κ1) is 11.4. The van der Waals surface area contributed by atoms with Crippen LogP contribution in [0.3, 0.4) is 0 Å². The van der Waals surface area contributed by atoms with Gasteiger partial charge in [0.05, 0.1) is 5.69 Å². The minimum absolute atomic E-state index is 0.513. The molecule has 2 nitrogen and oxygen atoms in total. The molecule has 1 aromatic carbocycles. The van der Waals surface area contributed by atoms with E-state index < -0.39 is 35.5 Å². The molecular formula is C8H4F5NO. The number of carbonyl (C=O) groups excluding carboxylic acids is 1. The Labute approximate surface area is 80.7 Å². The lowest BCUT2D eigenvalue weighted by molar-refractivity contribution is -0.126. The van der Waals surface area contributed by atoms with Crippen molar-refractivity contribution >= 4 is 11.6 Å². The van der Waals surface area contributed by atoms with Crippen molar-refractivity contribution in [2.75, 3.05) is 5.32 Å². The molecule has 1 aromatic rings. The molecule has 0 radical (unpaired) electrons. The lowest BCUT2D eigenvalue weighted by Gasteiger charge is -2.06. The molecule has 0 aliphatic heterocycles. The molecule has 0 aromatic heterocycles.